The first-order valence-electron chi connectivity index (χ1n) is 6.31. The Morgan fingerprint density at radius 2 is 2.15 bits per heavy atom. The molecule has 0 radical (unpaired) electrons. The number of hydrogen-bond acceptors (Lipinski definition) is 4. The molecular formula is C12H19BrN2O3S2. The van der Waals surface area contributed by atoms with Crippen LogP contribution in [0.15, 0.2) is 14.7 Å². The maximum atomic E-state index is 12.1. The van der Waals surface area contributed by atoms with Gasteiger partial charge in [0.2, 0.25) is 15.9 Å². The number of halogens is 1. The molecule has 114 valence electrons. The summed E-state index contributed by atoms with van der Waals surface area (Å²) in [6, 6.07) is 1.68. The van der Waals surface area contributed by atoms with Gasteiger partial charge in [0.05, 0.1) is 8.68 Å². The Morgan fingerprint density at radius 3 is 2.65 bits per heavy atom. The van der Waals surface area contributed by atoms with Gasteiger partial charge in [0, 0.05) is 23.9 Å². The highest BCUT2D eigenvalue weighted by molar-refractivity contribution is 9.11. The number of hydrogen-bond donors (Lipinski definition) is 2. The Bertz CT molecular complexity index is 569. The second-order valence-electron chi connectivity index (χ2n) is 4.50. The Balaban J connectivity index is 2.53. The van der Waals surface area contributed by atoms with Crippen LogP contribution in [0.5, 0.6) is 0 Å². The molecule has 0 fully saturated rings. The maximum Gasteiger partial charge on any atom is 0.241 e. The highest BCUT2D eigenvalue weighted by Gasteiger charge is 2.19. The average Bonchev–Trinajstić information content (AvgIpc) is 2.68. The van der Waals surface area contributed by atoms with Crippen molar-refractivity contribution >= 4 is 43.2 Å². The zero-order valence-corrected chi connectivity index (χ0v) is 14.9. The average molecular weight is 383 g/mol. The van der Waals surface area contributed by atoms with Crippen molar-refractivity contribution in [2.45, 2.75) is 44.6 Å². The van der Waals surface area contributed by atoms with E-state index in [1.165, 1.54) is 11.3 Å². The lowest BCUT2D eigenvalue weighted by Crippen LogP contribution is -2.35. The molecule has 1 aromatic heterocycles. The van der Waals surface area contributed by atoms with Crippen molar-refractivity contribution < 1.29 is 13.2 Å². The highest BCUT2D eigenvalue weighted by Crippen LogP contribution is 2.29. The van der Waals surface area contributed by atoms with E-state index in [-0.39, 0.29) is 29.8 Å². The topological polar surface area (TPSA) is 75.3 Å². The predicted molar refractivity (Wildman–Crippen MR) is 84.5 cm³/mol. The number of carbonyl (C=O) groups is 1. The van der Waals surface area contributed by atoms with Gasteiger partial charge in [-0.25, -0.2) is 13.1 Å². The van der Waals surface area contributed by atoms with E-state index in [9.17, 15) is 13.2 Å². The van der Waals surface area contributed by atoms with Crippen LogP contribution in [0.3, 0.4) is 0 Å². The molecule has 0 aromatic carbocycles. The van der Waals surface area contributed by atoms with Gasteiger partial charge < -0.3 is 5.32 Å². The number of carbonyl (C=O) groups excluding carboxylic acids is 1. The minimum atomic E-state index is -3.55. The van der Waals surface area contributed by atoms with E-state index in [0.29, 0.717) is 4.88 Å². The fraction of sp³-hybridized carbons (Fsp3) is 0.583. The van der Waals surface area contributed by atoms with Crippen molar-refractivity contribution in [2.75, 3.05) is 6.54 Å². The summed E-state index contributed by atoms with van der Waals surface area (Å²) in [5.74, 6) is -0.148. The predicted octanol–water partition coefficient (Wildman–Crippen LogP) is 2.40. The van der Waals surface area contributed by atoms with E-state index in [2.05, 4.69) is 26.0 Å². The standard InChI is InChI=1S/C12H19BrN2O3S2/c1-4-8(2)15-12(16)5-6-14-20(17,18)10-7-11(13)19-9(10)3/h7-8,14H,4-6H2,1-3H3,(H,15,16). The lowest BCUT2D eigenvalue weighted by Gasteiger charge is -2.11. The van der Waals surface area contributed by atoms with Gasteiger partial charge >= 0.3 is 0 Å². The van der Waals surface area contributed by atoms with E-state index in [1.54, 1.807) is 13.0 Å². The number of sulfonamides is 1. The van der Waals surface area contributed by atoms with Crippen molar-refractivity contribution in [3.8, 4) is 0 Å². The van der Waals surface area contributed by atoms with Crippen LogP contribution in [0.1, 0.15) is 31.6 Å². The van der Waals surface area contributed by atoms with Gasteiger partial charge in [-0.2, -0.15) is 0 Å². The van der Waals surface area contributed by atoms with Crippen molar-refractivity contribution in [1.29, 1.82) is 0 Å². The molecule has 1 rings (SSSR count). The number of thiophene rings is 1. The summed E-state index contributed by atoms with van der Waals surface area (Å²) < 4.78 is 27.4. The molecule has 0 bridgehead atoms. The van der Waals surface area contributed by atoms with Crippen LogP contribution < -0.4 is 10.0 Å². The minimum Gasteiger partial charge on any atom is -0.354 e. The van der Waals surface area contributed by atoms with Gasteiger partial charge in [0.1, 0.15) is 0 Å². The molecule has 1 aromatic rings. The van der Waals surface area contributed by atoms with E-state index >= 15 is 0 Å². The maximum absolute atomic E-state index is 12.1. The molecule has 0 spiro atoms. The third-order valence-corrected chi connectivity index (χ3v) is 6.07. The highest BCUT2D eigenvalue weighted by atomic mass is 79.9. The molecule has 1 atom stereocenters. The van der Waals surface area contributed by atoms with Crippen LogP contribution in [0.25, 0.3) is 0 Å². The fourth-order valence-corrected chi connectivity index (χ4v) is 4.97. The Hall–Kier alpha value is -0.440. The molecule has 5 nitrogen and oxygen atoms in total. The summed E-state index contributed by atoms with van der Waals surface area (Å²) in [4.78, 5) is 12.5. The van der Waals surface area contributed by atoms with Crippen LogP contribution in [-0.2, 0) is 14.8 Å². The van der Waals surface area contributed by atoms with Crippen molar-refractivity contribution in [2.24, 2.45) is 0 Å². The Morgan fingerprint density at radius 1 is 1.50 bits per heavy atom. The molecule has 2 N–H and O–H groups in total. The summed E-state index contributed by atoms with van der Waals surface area (Å²) in [7, 11) is -3.55. The molecule has 20 heavy (non-hydrogen) atoms. The van der Waals surface area contributed by atoms with Crippen LogP contribution in [-0.4, -0.2) is 26.9 Å². The Kier molecular flexibility index (Phi) is 6.63. The van der Waals surface area contributed by atoms with Crippen LogP contribution in [0.4, 0.5) is 0 Å². The lowest BCUT2D eigenvalue weighted by molar-refractivity contribution is -0.121. The van der Waals surface area contributed by atoms with E-state index in [1.807, 2.05) is 13.8 Å². The SMILES string of the molecule is CCC(C)NC(=O)CCNS(=O)(=O)c1cc(Br)sc1C. The molecule has 0 saturated carbocycles. The van der Waals surface area contributed by atoms with Crippen LogP contribution in [0.2, 0.25) is 0 Å². The van der Waals surface area contributed by atoms with Gasteiger partial charge in [0.25, 0.3) is 0 Å². The number of amides is 1. The molecule has 1 heterocycles. The summed E-state index contributed by atoms with van der Waals surface area (Å²) >= 11 is 4.63. The fourth-order valence-electron chi connectivity index (χ4n) is 1.52. The van der Waals surface area contributed by atoms with E-state index in [0.717, 1.165) is 10.2 Å². The van der Waals surface area contributed by atoms with Crippen LogP contribution >= 0.6 is 27.3 Å². The summed E-state index contributed by atoms with van der Waals surface area (Å²) in [5, 5.41) is 2.79. The molecule has 8 heteroatoms. The zero-order chi connectivity index (χ0) is 15.3. The smallest absolute Gasteiger partial charge is 0.241 e. The first-order chi connectivity index (χ1) is 9.26. The van der Waals surface area contributed by atoms with Gasteiger partial charge in [-0.1, -0.05) is 6.92 Å². The molecule has 1 unspecified atom stereocenters. The first kappa shape index (κ1) is 17.6. The van der Waals surface area contributed by atoms with E-state index in [4.69, 9.17) is 0 Å². The summed E-state index contributed by atoms with van der Waals surface area (Å²) in [6.45, 7) is 5.73. The molecular weight excluding hydrogens is 364 g/mol. The van der Waals surface area contributed by atoms with Gasteiger partial charge in [0.15, 0.2) is 0 Å². The molecule has 1 amide bonds. The number of rotatable bonds is 7. The molecule has 0 aliphatic rings. The second kappa shape index (κ2) is 7.53. The monoisotopic (exact) mass is 382 g/mol. The molecule has 0 aliphatic carbocycles. The zero-order valence-electron chi connectivity index (χ0n) is 11.7. The van der Waals surface area contributed by atoms with Gasteiger partial charge in [-0.15, -0.1) is 11.3 Å². The van der Waals surface area contributed by atoms with Crippen molar-refractivity contribution in [1.82, 2.24) is 10.0 Å². The molecule has 0 aliphatic heterocycles. The van der Waals surface area contributed by atoms with Crippen molar-refractivity contribution in [3.05, 3.63) is 14.7 Å². The van der Waals surface area contributed by atoms with Gasteiger partial charge in [-0.05, 0) is 42.3 Å². The minimum absolute atomic E-state index is 0.0947. The van der Waals surface area contributed by atoms with Crippen LogP contribution in [0, 0.1) is 6.92 Å². The third kappa shape index (κ3) is 5.16. The van der Waals surface area contributed by atoms with E-state index < -0.39 is 10.0 Å². The number of aryl methyl sites for hydroxylation is 1. The number of nitrogens with one attached hydrogen (secondary N) is 2. The lowest BCUT2D eigenvalue weighted by atomic mass is 10.2. The summed E-state index contributed by atoms with van der Waals surface area (Å²) in [6.07, 6.45) is 0.980. The summed E-state index contributed by atoms with van der Waals surface area (Å²) in [5.41, 5.74) is 0. The normalized spacial score (nSPS) is 13.2. The quantitative estimate of drug-likeness (QED) is 0.759. The molecule has 0 saturated heterocycles. The second-order valence-corrected chi connectivity index (χ2v) is 8.87. The first-order valence-corrected chi connectivity index (χ1v) is 9.40. The third-order valence-electron chi connectivity index (χ3n) is 2.80. The van der Waals surface area contributed by atoms with Gasteiger partial charge in [-0.3, -0.25) is 4.79 Å². The largest absolute Gasteiger partial charge is 0.354 e. The Labute approximate surface area is 132 Å². The van der Waals surface area contributed by atoms with Crippen molar-refractivity contribution in [3.63, 3.8) is 0 Å².